The normalized spacial score (nSPS) is 13.9. The molecule has 0 atom stereocenters. The molecule has 28 heavy (non-hydrogen) atoms. The third-order valence-corrected chi connectivity index (χ3v) is 5.16. The second-order valence-electron chi connectivity index (χ2n) is 7.38. The highest BCUT2D eigenvalue weighted by Crippen LogP contribution is 2.29. The summed E-state index contributed by atoms with van der Waals surface area (Å²) in [5, 5.41) is 5.81. The molecule has 148 valence electrons. The molecule has 0 aliphatic carbocycles. The number of hydrogen-bond acceptors (Lipinski definition) is 3. The zero-order valence-corrected chi connectivity index (χ0v) is 16.5. The van der Waals surface area contributed by atoms with Gasteiger partial charge >= 0.3 is 6.03 Å². The van der Waals surface area contributed by atoms with E-state index in [0.717, 1.165) is 42.7 Å². The lowest BCUT2D eigenvalue weighted by atomic mass is 10.1. The van der Waals surface area contributed by atoms with Crippen molar-refractivity contribution in [3.63, 3.8) is 0 Å². The first kappa shape index (κ1) is 19.7. The van der Waals surface area contributed by atoms with E-state index in [0.29, 0.717) is 17.8 Å². The minimum Gasteiger partial charge on any atom is -0.370 e. The molecule has 0 aromatic heterocycles. The highest BCUT2D eigenvalue weighted by molar-refractivity contribution is 5.98. The molecule has 4 N–H and O–H groups in total. The van der Waals surface area contributed by atoms with E-state index in [-0.39, 0.29) is 6.03 Å². The quantitative estimate of drug-likeness (QED) is 0.739. The van der Waals surface area contributed by atoms with Gasteiger partial charge in [-0.15, -0.1) is 0 Å². The molecule has 1 heterocycles. The van der Waals surface area contributed by atoms with Crippen LogP contribution in [-0.2, 0) is 6.54 Å². The second-order valence-corrected chi connectivity index (χ2v) is 7.38. The highest BCUT2D eigenvalue weighted by atomic mass is 16.2. The topological polar surface area (TPSA) is 87.5 Å². The van der Waals surface area contributed by atoms with Crippen molar-refractivity contribution in [1.29, 1.82) is 0 Å². The van der Waals surface area contributed by atoms with E-state index in [2.05, 4.69) is 21.6 Å². The van der Waals surface area contributed by atoms with Crippen LogP contribution < -0.4 is 21.3 Å². The molecule has 1 aliphatic rings. The van der Waals surface area contributed by atoms with Crippen LogP contribution in [0.1, 0.15) is 46.3 Å². The van der Waals surface area contributed by atoms with Crippen molar-refractivity contribution in [2.45, 2.75) is 39.7 Å². The van der Waals surface area contributed by atoms with Gasteiger partial charge in [0.1, 0.15) is 0 Å². The van der Waals surface area contributed by atoms with E-state index in [4.69, 9.17) is 5.73 Å². The van der Waals surface area contributed by atoms with E-state index in [1.807, 2.05) is 32.0 Å². The lowest BCUT2D eigenvalue weighted by Crippen LogP contribution is -2.33. The van der Waals surface area contributed by atoms with Crippen LogP contribution in [0.25, 0.3) is 0 Å². The van der Waals surface area contributed by atoms with E-state index in [1.165, 1.54) is 12.0 Å². The lowest BCUT2D eigenvalue weighted by Gasteiger charge is -2.30. The Hall–Kier alpha value is -3.02. The lowest BCUT2D eigenvalue weighted by molar-refractivity contribution is 0.100. The fourth-order valence-electron chi connectivity index (χ4n) is 3.59. The molecule has 3 rings (SSSR count). The fourth-order valence-corrected chi connectivity index (χ4v) is 3.59. The number of piperidine rings is 1. The van der Waals surface area contributed by atoms with Crippen molar-refractivity contribution in [3.05, 3.63) is 58.7 Å². The minimum absolute atomic E-state index is 0.306. The van der Waals surface area contributed by atoms with Crippen LogP contribution in [0.3, 0.4) is 0 Å². The Morgan fingerprint density at radius 1 is 1.04 bits per heavy atom. The standard InChI is InChI=1S/C22H28N4O2/c1-15-6-7-18(16(2)12-15)14-24-22(28)25-19-13-17(21(23)27)8-9-20(19)26-10-4-3-5-11-26/h6-9,12-13H,3-5,10-11,14H2,1-2H3,(H2,23,27)(H2,24,25,28). The summed E-state index contributed by atoms with van der Waals surface area (Å²) in [5.74, 6) is -0.510. The van der Waals surface area contributed by atoms with E-state index < -0.39 is 5.91 Å². The summed E-state index contributed by atoms with van der Waals surface area (Å²) in [6.07, 6.45) is 3.46. The van der Waals surface area contributed by atoms with Crippen LogP contribution in [0, 0.1) is 13.8 Å². The van der Waals surface area contributed by atoms with Gasteiger partial charge in [-0.2, -0.15) is 0 Å². The summed E-state index contributed by atoms with van der Waals surface area (Å²) in [6.45, 7) is 6.40. The summed E-state index contributed by atoms with van der Waals surface area (Å²) < 4.78 is 0. The molecule has 1 aliphatic heterocycles. The molecule has 0 saturated carbocycles. The van der Waals surface area contributed by atoms with Gasteiger partial charge in [0.05, 0.1) is 11.4 Å². The number of nitrogens with zero attached hydrogens (tertiary/aromatic N) is 1. The van der Waals surface area contributed by atoms with Crippen LogP contribution in [0.15, 0.2) is 36.4 Å². The van der Waals surface area contributed by atoms with Gasteiger partial charge in [-0.25, -0.2) is 4.79 Å². The monoisotopic (exact) mass is 380 g/mol. The smallest absolute Gasteiger partial charge is 0.319 e. The number of carbonyl (C=O) groups is 2. The average Bonchev–Trinajstić information content (AvgIpc) is 2.68. The first-order valence-electron chi connectivity index (χ1n) is 9.74. The van der Waals surface area contributed by atoms with Gasteiger partial charge in [-0.05, 0) is 62.4 Å². The second kappa shape index (κ2) is 8.78. The first-order chi connectivity index (χ1) is 13.4. The number of benzene rings is 2. The van der Waals surface area contributed by atoms with Crippen LogP contribution in [0.4, 0.5) is 16.2 Å². The number of nitrogens with two attached hydrogens (primary N) is 1. The Kier molecular flexibility index (Phi) is 6.19. The molecular weight excluding hydrogens is 352 g/mol. The number of anilines is 2. The maximum absolute atomic E-state index is 12.5. The van der Waals surface area contributed by atoms with Gasteiger partial charge < -0.3 is 21.3 Å². The van der Waals surface area contributed by atoms with Gasteiger partial charge in [0.15, 0.2) is 0 Å². The predicted octanol–water partition coefficient (Wildman–Crippen LogP) is 3.71. The number of nitrogens with one attached hydrogen (secondary N) is 2. The summed E-state index contributed by atoms with van der Waals surface area (Å²) in [7, 11) is 0. The maximum Gasteiger partial charge on any atom is 0.319 e. The maximum atomic E-state index is 12.5. The number of hydrogen-bond donors (Lipinski definition) is 3. The van der Waals surface area contributed by atoms with Crippen molar-refractivity contribution in [3.8, 4) is 0 Å². The number of aryl methyl sites for hydroxylation is 2. The molecule has 6 nitrogen and oxygen atoms in total. The molecule has 3 amide bonds. The molecule has 1 saturated heterocycles. The molecular formula is C22H28N4O2. The van der Waals surface area contributed by atoms with Gasteiger partial charge in [-0.1, -0.05) is 23.8 Å². The molecule has 0 radical (unpaired) electrons. The van der Waals surface area contributed by atoms with Crippen LogP contribution in [0.5, 0.6) is 0 Å². The van der Waals surface area contributed by atoms with Crippen LogP contribution in [-0.4, -0.2) is 25.0 Å². The van der Waals surface area contributed by atoms with Gasteiger partial charge in [0.2, 0.25) is 5.91 Å². The first-order valence-corrected chi connectivity index (χ1v) is 9.74. The van der Waals surface area contributed by atoms with E-state index in [9.17, 15) is 9.59 Å². The van der Waals surface area contributed by atoms with Gasteiger partial charge in [0, 0.05) is 25.2 Å². The molecule has 6 heteroatoms. The number of rotatable bonds is 5. The van der Waals surface area contributed by atoms with Crippen molar-refractivity contribution < 1.29 is 9.59 Å². The minimum atomic E-state index is -0.510. The Morgan fingerprint density at radius 3 is 2.46 bits per heavy atom. The molecule has 0 bridgehead atoms. The molecule has 0 spiro atoms. The molecule has 2 aromatic carbocycles. The Bertz CT molecular complexity index is 873. The third kappa shape index (κ3) is 4.82. The summed E-state index contributed by atoms with van der Waals surface area (Å²) in [5.41, 5.74) is 10.7. The van der Waals surface area contributed by atoms with Gasteiger partial charge in [0.25, 0.3) is 0 Å². The van der Waals surface area contributed by atoms with Crippen molar-refractivity contribution >= 4 is 23.3 Å². The Balaban J connectivity index is 1.74. The number of urea groups is 1. The molecule has 2 aromatic rings. The van der Waals surface area contributed by atoms with Crippen molar-refractivity contribution in [2.75, 3.05) is 23.3 Å². The van der Waals surface area contributed by atoms with Crippen LogP contribution >= 0.6 is 0 Å². The SMILES string of the molecule is Cc1ccc(CNC(=O)Nc2cc(C(N)=O)ccc2N2CCCCC2)c(C)c1. The largest absolute Gasteiger partial charge is 0.370 e. The Labute approximate surface area is 166 Å². The average molecular weight is 380 g/mol. The van der Waals surface area contributed by atoms with E-state index in [1.54, 1.807) is 12.1 Å². The van der Waals surface area contributed by atoms with E-state index >= 15 is 0 Å². The molecule has 0 unspecified atom stereocenters. The van der Waals surface area contributed by atoms with Gasteiger partial charge in [-0.3, -0.25) is 4.79 Å². The number of primary amides is 1. The zero-order chi connectivity index (χ0) is 20.1. The van der Waals surface area contributed by atoms with Crippen LogP contribution in [0.2, 0.25) is 0 Å². The fraction of sp³-hybridized carbons (Fsp3) is 0.364. The predicted molar refractivity (Wildman–Crippen MR) is 113 cm³/mol. The summed E-state index contributed by atoms with van der Waals surface area (Å²) in [4.78, 5) is 26.3. The van der Waals surface area contributed by atoms with Crippen molar-refractivity contribution in [2.24, 2.45) is 5.73 Å². The van der Waals surface area contributed by atoms with Crippen molar-refractivity contribution in [1.82, 2.24) is 5.32 Å². The highest BCUT2D eigenvalue weighted by Gasteiger charge is 2.17. The molecule has 1 fully saturated rings. The number of amides is 3. The number of carbonyl (C=O) groups excluding carboxylic acids is 2. The summed E-state index contributed by atoms with van der Waals surface area (Å²) >= 11 is 0. The Morgan fingerprint density at radius 2 is 1.79 bits per heavy atom. The third-order valence-electron chi connectivity index (χ3n) is 5.16. The summed E-state index contributed by atoms with van der Waals surface area (Å²) in [6, 6.07) is 11.1. The zero-order valence-electron chi connectivity index (χ0n) is 16.5.